The molecule has 0 aliphatic carbocycles. The molecule has 1 saturated heterocycles. The predicted molar refractivity (Wildman–Crippen MR) is 92.9 cm³/mol. The zero-order chi connectivity index (χ0) is 21.9. The molecule has 1 fully saturated rings. The lowest BCUT2D eigenvalue weighted by Gasteiger charge is -2.21. The Labute approximate surface area is 163 Å². The van der Waals surface area contributed by atoms with Crippen LogP contribution < -0.4 is 11.0 Å². The Kier molecular flexibility index (Phi) is 7.35. The largest absolute Gasteiger partial charge is 0.394 e. The molecule has 2 heterocycles. The topological polar surface area (TPSA) is 114 Å². The van der Waals surface area contributed by atoms with Crippen LogP contribution in [0.3, 0.4) is 0 Å². The van der Waals surface area contributed by atoms with Crippen LogP contribution in [0.5, 0.6) is 0 Å². The Morgan fingerprint density at radius 2 is 1.93 bits per heavy atom. The summed E-state index contributed by atoms with van der Waals surface area (Å²) >= 11 is 0. The number of aliphatic hydroxyl groups excluding tert-OH is 2. The van der Waals surface area contributed by atoms with Crippen molar-refractivity contribution in [3.8, 4) is 0 Å². The van der Waals surface area contributed by atoms with Crippen LogP contribution in [0.2, 0.25) is 0 Å². The third-order valence-electron chi connectivity index (χ3n) is 4.48. The number of anilines is 1. The lowest BCUT2D eigenvalue weighted by molar-refractivity contribution is -0.141. The lowest BCUT2D eigenvalue weighted by Crippen LogP contribution is -2.41. The van der Waals surface area contributed by atoms with E-state index in [-0.39, 0.29) is 18.7 Å². The van der Waals surface area contributed by atoms with Crippen molar-refractivity contribution in [1.82, 2.24) is 9.55 Å². The molecule has 0 aromatic carbocycles. The summed E-state index contributed by atoms with van der Waals surface area (Å²) in [5.41, 5.74) is -1.22. The summed E-state index contributed by atoms with van der Waals surface area (Å²) in [6, 6.07) is 1.03. The number of aromatic nitrogens is 2. The zero-order valence-corrected chi connectivity index (χ0v) is 15.8. The normalized spacial score (nSPS) is 26.7. The molecule has 1 aromatic heterocycles. The number of nitrogens with one attached hydrogen (secondary N) is 1. The number of nitrogens with zero attached hydrogens (tertiary/aromatic N) is 2. The second-order valence-corrected chi connectivity index (χ2v) is 7.05. The van der Waals surface area contributed by atoms with Gasteiger partial charge in [0.2, 0.25) is 12.1 Å². The zero-order valence-electron chi connectivity index (χ0n) is 15.8. The van der Waals surface area contributed by atoms with Gasteiger partial charge in [0, 0.05) is 12.1 Å². The molecule has 0 saturated carbocycles. The SMILES string of the molecule is CC(F)CC(CC(C)F)C(=O)Nc1ccn([C@@H]2O[C@H](CO)[C@@H](O)C2(F)F)c(=O)n1. The van der Waals surface area contributed by atoms with Gasteiger partial charge < -0.3 is 20.3 Å². The highest BCUT2D eigenvalue weighted by molar-refractivity contribution is 5.91. The third kappa shape index (κ3) is 5.31. The second kappa shape index (κ2) is 9.18. The first-order chi connectivity index (χ1) is 13.5. The summed E-state index contributed by atoms with van der Waals surface area (Å²) < 4.78 is 60.1. The van der Waals surface area contributed by atoms with Gasteiger partial charge in [-0.25, -0.2) is 13.6 Å². The molecule has 2 unspecified atom stereocenters. The van der Waals surface area contributed by atoms with Gasteiger partial charge in [-0.2, -0.15) is 13.8 Å². The highest BCUT2D eigenvalue weighted by Gasteiger charge is 2.59. The van der Waals surface area contributed by atoms with Gasteiger partial charge in [0.05, 0.1) is 19.0 Å². The van der Waals surface area contributed by atoms with Crippen molar-refractivity contribution >= 4 is 11.7 Å². The van der Waals surface area contributed by atoms with E-state index in [1.54, 1.807) is 0 Å². The molecule has 1 aliphatic rings. The molecule has 1 aliphatic heterocycles. The van der Waals surface area contributed by atoms with Crippen LogP contribution in [0.15, 0.2) is 17.1 Å². The Balaban J connectivity index is 2.19. The van der Waals surface area contributed by atoms with E-state index in [1.165, 1.54) is 13.8 Å². The number of rotatable bonds is 8. The molecule has 8 nitrogen and oxygen atoms in total. The molecule has 0 radical (unpaired) electrons. The van der Waals surface area contributed by atoms with E-state index in [2.05, 4.69) is 10.3 Å². The summed E-state index contributed by atoms with van der Waals surface area (Å²) in [5, 5.41) is 20.8. The highest BCUT2D eigenvalue weighted by Crippen LogP contribution is 2.41. The number of carbonyl (C=O) groups excluding carboxylic acids is 1. The summed E-state index contributed by atoms with van der Waals surface area (Å²) in [4.78, 5) is 27.9. The van der Waals surface area contributed by atoms with Crippen molar-refractivity contribution < 1.29 is 37.3 Å². The van der Waals surface area contributed by atoms with Gasteiger partial charge in [-0.3, -0.25) is 9.36 Å². The maximum Gasteiger partial charge on any atom is 0.351 e. The second-order valence-electron chi connectivity index (χ2n) is 7.05. The van der Waals surface area contributed by atoms with Crippen molar-refractivity contribution in [2.75, 3.05) is 11.9 Å². The van der Waals surface area contributed by atoms with Gasteiger partial charge in [0.1, 0.15) is 11.9 Å². The van der Waals surface area contributed by atoms with Gasteiger partial charge in [0.25, 0.3) is 0 Å². The van der Waals surface area contributed by atoms with E-state index < -0.39 is 60.8 Å². The van der Waals surface area contributed by atoms with Crippen molar-refractivity contribution in [3.63, 3.8) is 0 Å². The first-order valence-electron chi connectivity index (χ1n) is 8.97. The Morgan fingerprint density at radius 3 is 2.38 bits per heavy atom. The molecule has 1 amide bonds. The molecule has 29 heavy (non-hydrogen) atoms. The third-order valence-corrected chi connectivity index (χ3v) is 4.48. The van der Waals surface area contributed by atoms with Crippen molar-refractivity contribution in [3.05, 3.63) is 22.7 Å². The molecule has 12 heteroatoms. The molecule has 5 atom stereocenters. The Morgan fingerprint density at radius 1 is 1.34 bits per heavy atom. The van der Waals surface area contributed by atoms with Crippen LogP contribution in [-0.4, -0.2) is 62.8 Å². The number of ether oxygens (including phenoxy) is 1. The number of hydrogen-bond donors (Lipinski definition) is 3. The number of alkyl halides is 4. The number of aliphatic hydroxyl groups is 2. The lowest BCUT2D eigenvalue weighted by atomic mass is 9.96. The fourth-order valence-electron chi connectivity index (χ4n) is 3.10. The Hall–Kier alpha value is -2.05. The van der Waals surface area contributed by atoms with Crippen molar-refractivity contribution in [1.29, 1.82) is 0 Å². The van der Waals surface area contributed by atoms with Crippen molar-refractivity contribution in [2.45, 2.75) is 63.4 Å². The smallest absolute Gasteiger partial charge is 0.351 e. The van der Waals surface area contributed by atoms with Crippen molar-refractivity contribution in [2.24, 2.45) is 5.92 Å². The molecular weight excluding hydrogens is 402 g/mol. The maximum atomic E-state index is 14.2. The van der Waals surface area contributed by atoms with Crippen LogP contribution in [0, 0.1) is 5.92 Å². The van der Waals surface area contributed by atoms with Gasteiger partial charge >= 0.3 is 11.6 Å². The van der Waals surface area contributed by atoms with Gasteiger partial charge in [-0.15, -0.1) is 0 Å². The van der Waals surface area contributed by atoms with Crippen LogP contribution in [0.1, 0.15) is 32.9 Å². The van der Waals surface area contributed by atoms with Gasteiger partial charge in [-0.1, -0.05) is 0 Å². The molecule has 3 N–H and O–H groups in total. The van der Waals surface area contributed by atoms with Gasteiger partial charge in [0.15, 0.2) is 6.10 Å². The molecule has 0 bridgehead atoms. The number of halogens is 4. The van der Waals surface area contributed by atoms with E-state index >= 15 is 0 Å². The van der Waals surface area contributed by atoms with Crippen LogP contribution >= 0.6 is 0 Å². The van der Waals surface area contributed by atoms with Crippen LogP contribution in [0.25, 0.3) is 0 Å². The molecule has 164 valence electrons. The van der Waals surface area contributed by atoms with Crippen LogP contribution in [0.4, 0.5) is 23.4 Å². The standard InChI is InChI=1S/C17H23F4N3O5/c1-8(18)5-10(6-9(2)19)14(27)22-12-3-4-24(16(28)23-12)15-17(20,21)13(26)11(7-25)29-15/h3-4,8-11,13,15,25-26H,5-7H2,1-2H3,(H,22,23,27,28)/t8?,9?,10?,11-,13-,15-/m1/s1. The number of carbonyl (C=O) groups is 1. The average molecular weight is 425 g/mol. The number of hydrogen-bond acceptors (Lipinski definition) is 6. The van der Waals surface area contributed by atoms with E-state index in [0.29, 0.717) is 4.57 Å². The minimum absolute atomic E-state index is 0.236. The van der Waals surface area contributed by atoms with E-state index in [1.807, 2.05) is 0 Å². The molecule has 0 spiro atoms. The monoisotopic (exact) mass is 425 g/mol. The first-order valence-corrected chi connectivity index (χ1v) is 8.97. The number of amides is 1. The quantitative estimate of drug-likeness (QED) is 0.539. The predicted octanol–water partition coefficient (Wildman–Crippen LogP) is 1.18. The van der Waals surface area contributed by atoms with E-state index in [4.69, 9.17) is 9.84 Å². The summed E-state index contributed by atoms with van der Waals surface area (Å²) in [5.74, 6) is -5.94. The maximum absolute atomic E-state index is 14.2. The van der Waals surface area contributed by atoms with E-state index in [9.17, 15) is 32.3 Å². The fourth-order valence-corrected chi connectivity index (χ4v) is 3.10. The van der Waals surface area contributed by atoms with Gasteiger partial charge in [-0.05, 0) is 32.8 Å². The minimum atomic E-state index is -3.87. The summed E-state index contributed by atoms with van der Waals surface area (Å²) in [6.07, 6.45) is -8.44. The Bertz CT molecular complexity index is 764. The average Bonchev–Trinajstić information content (AvgIpc) is 2.83. The molecule has 2 rings (SSSR count). The van der Waals surface area contributed by atoms with Crippen LogP contribution in [-0.2, 0) is 9.53 Å². The molecule has 1 aromatic rings. The fraction of sp³-hybridized carbons (Fsp3) is 0.706. The molecular formula is C17H23F4N3O5. The minimum Gasteiger partial charge on any atom is -0.394 e. The van der Waals surface area contributed by atoms with E-state index in [0.717, 1.165) is 12.3 Å². The summed E-state index contributed by atoms with van der Waals surface area (Å²) in [7, 11) is 0. The summed E-state index contributed by atoms with van der Waals surface area (Å²) in [6.45, 7) is 1.56. The highest BCUT2D eigenvalue weighted by atomic mass is 19.3. The first kappa shape index (κ1) is 23.2.